The van der Waals surface area contributed by atoms with Crippen molar-refractivity contribution < 1.29 is 14.4 Å². The Morgan fingerprint density at radius 1 is 1.00 bits per heavy atom. The van der Waals surface area contributed by atoms with E-state index in [0.29, 0.717) is 36.9 Å². The molecule has 2 aliphatic rings. The summed E-state index contributed by atoms with van der Waals surface area (Å²) in [5.74, 6) is -0.461. The summed E-state index contributed by atoms with van der Waals surface area (Å²) in [6, 6.07) is 7.56. The maximum absolute atomic E-state index is 13.2. The molecule has 1 aromatic carbocycles. The van der Waals surface area contributed by atoms with Crippen LogP contribution in [0.15, 0.2) is 35.8 Å². The number of carbonyl (C=O) groups excluding carboxylic acids is 3. The molecule has 8 heteroatoms. The summed E-state index contributed by atoms with van der Waals surface area (Å²) >= 11 is 1.39. The van der Waals surface area contributed by atoms with E-state index in [9.17, 15) is 14.4 Å². The number of aromatic nitrogens is 1. The van der Waals surface area contributed by atoms with E-state index < -0.39 is 0 Å². The van der Waals surface area contributed by atoms with Crippen molar-refractivity contribution in [3.63, 3.8) is 0 Å². The lowest BCUT2D eigenvalue weighted by atomic mass is 9.92. The van der Waals surface area contributed by atoms with Gasteiger partial charge >= 0.3 is 0 Å². The third-order valence-electron chi connectivity index (χ3n) is 6.12. The molecule has 2 unspecified atom stereocenters. The number of hydrogen-bond acceptors (Lipinski definition) is 5. The van der Waals surface area contributed by atoms with Crippen LogP contribution >= 0.6 is 11.3 Å². The maximum atomic E-state index is 13.2. The molecule has 0 radical (unpaired) electrons. The van der Waals surface area contributed by atoms with Gasteiger partial charge in [-0.25, -0.2) is 4.98 Å². The zero-order valence-corrected chi connectivity index (χ0v) is 18.6. The van der Waals surface area contributed by atoms with Gasteiger partial charge in [-0.1, -0.05) is 17.7 Å². The van der Waals surface area contributed by atoms with E-state index in [1.54, 1.807) is 11.1 Å². The molecule has 7 nitrogen and oxygen atoms in total. The summed E-state index contributed by atoms with van der Waals surface area (Å²) in [5.41, 5.74) is 1.78. The largest absolute Gasteiger partial charge is 0.342 e. The van der Waals surface area contributed by atoms with E-state index in [-0.39, 0.29) is 29.6 Å². The Morgan fingerprint density at radius 2 is 1.68 bits per heavy atom. The van der Waals surface area contributed by atoms with Crippen molar-refractivity contribution in [3.8, 4) is 0 Å². The number of aryl methyl sites for hydroxylation is 1. The van der Waals surface area contributed by atoms with Crippen molar-refractivity contribution in [1.29, 1.82) is 0 Å². The summed E-state index contributed by atoms with van der Waals surface area (Å²) in [6.45, 7) is 4.21. The highest BCUT2D eigenvalue weighted by Crippen LogP contribution is 2.25. The highest BCUT2D eigenvalue weighted by molar-refractivity contribution is 7.13. The van der Waals surface area contributed by atoms with E-state index in [1.165, 1.54) is 11.3 Å². The van der Waals surface area contributed by atoms with Crippen LogP contribution in [0.2, 0.25) is 0 Å². The fourth-order valence-corrected chi connectivity index (χ4v) is 4.92. The molecular formula is C23H28N4O3S. The standard InChI is InChI=1S/C23H28N4O3S/c1-16-6-8-17(9-7-16)21(29)27-12-3-5-19(15-27)22(30)26-11-2-4-18(14-26)20(28)25-23-24-10-13-31-23/h6-10,13,18-19H,2-5,11-12,14-15H2,1H3,(H,24,25,28). The van der Waals surface area contributed by atoms with Crippen molar-refractivity contribution in [2.45, 2.75) is 32.6 Å². The van der Waals surface area contributed by atoms with Gasteiger partial charge in [0.05, 0.1) is 11.8 Å². The third kappa shape index (κ3) is 5.12. The fraction of sp³-hybridized carbons (Fsp3) is 0.478. The number of carbonyl (C=O) groups is 3. The van der Waals surface area contributed by atoms with Crippen molar-refractivity contribution in [2.24, 2.45) is 11.8 Å². The Balaban J connectivity index is 1.36. The van der Waals surface area contributed by atoms with Gasteiger partial charge in [0.2, 0.25) is 11.8 Å². The normalized spacial score (nSPS) is 21.6. The van der Waals surface area contributed by atoms with E-state index in [0.717, 1.165) is 31.2 Å². The number of amides is 3. The van der Waals surface area contributed by atoms with E-state index in [2.05, 4.69) is 10.3 Å². The number of nitrogens with one attached hydrogen (secondary N) is 1. The van der Waals surface area contributed by atoms with Crippen LogP contribution < -0.4 is 5.32 Å². The predicted octanol–water partition coefficient (Wildman–Crippen LogP) is 3.18. The Kier molecular flexibility index (Phi) is 6.65. The summed E-state index contributed by atoms with van der Waals surface area (Å²) in [6.07, 6.45) is 4.83. The molecular weight excluding hydrogens is 412 g/mol. The number of likely N-dealkylation sites (tertiary alicyclic amines) is 2. The molecule has 1 aromatic heterocycles. The SMILES string of the molecule is Cc1ccc(C(=O)N2CCCC(C(=O)N3CCCC(C(=O)Nc4nccs4)C3)C2)cc1. The second-order valence-electron chi connectivity index (χ2n) is 8.41. The van der Waals surface area contributed by atoms with Crippen molar-refractivity contribution in [1.82, 2.24) is 14.8 Å². The number of anilines is 1. The lowest BCUT2D eigenvalue weighted by Gasteiger charge is -2.38. The fourth-order valence-electron chi connectivity index (χ4n) is 4.38. The van der Waals surface area contributed by atoms with Crippen LogP contribution in [0.3, 0.4) is 0 Å². The van der Waals surface area contributed by atoms with Gasteiger partial charge in [0, 0.05) is 43.3 Å². The number of benzene rings is 1. The Bertz CT molecular complexity index is 929. The summed E-state index contributed by atoms with van der Waals surface area (Å²) in [7, 11) is 0. The van der Waals surface area contributed by atoms with Crippen molar-refractivity contribution in [3.05, 3.63) is 47.0 Å². The summed E-state index contributed by atoms with van der Waals surface area (Å²) in [5, 5.41) is 5.26. The highest BCUT2D eigenvalue weighted by Gasteiger charge is 2.35. The smallest absolute Gasteiger partial charge is 0.253 e. The van der Waals surface area contributed by atoms with Gasteiger partial charge < -0.3 is 15.1 Å². The van der Waals surface area contributed by atoms with Crippen LogP contribution in [0, 0.1) is 18.8 Å². The highest BCUT2D eigenvalue weighted by atomic mass is 32.1. The van der Waals surface area contributed by atoms with Gasteiger partial charge in [0.15, 0.2) is 5.13 Å². The van der Waals surface area contributed by atoms with Crippen molar-refractivity contribution in [2.75, 3.05) is 31.5 Å². The van der Waals surface area contributed by atoms with Crippen LogP contribution in [0.5, 0.6) is 0 Å². The first-order valence-corrected chi connectivity index (χ1v) is 11.7. The Hall–Kier alpha value is -2.74. The molecule has 1 N–H and O–H groups in total. The zero-order chi connectivity index (χ0) is 21.8. The average Bonchev–Trinajstić information content (AvgIpc) is 3.32. The third-order valence-corrected chi connectivity index (χ3v) is 6.81. The minimum atomic E-state index is -0.226. The molecule has 2 atom stereocenters. The first-order valence-electron chi connectivity index (χ1n) is 10.9. The molecule has 2 saturated heterocycles. The van der Waals surface area contributed by atoms with E-state index in [1.807, 2.05) is 41.5 Å². The molecule has 2 fully saturated rings. The molecule has 3 amide bonds. The predicted molar refractivity (Wildman–Crippen MR) is 120 cm³/mol. The molecule has 4 rings (SSSR count). The number of nitrogens with zero attached hydrogens (tertiary/aromatic N) is 3. The lowest BCUT2D eigenvalue weighted by Crippen LogP contribution is -2.50. The van der Waals surface area contributed by atoms with E-state index in [4.69, 9.17) is 0 Å². The first-order chi connectivity index (χ1) is 15.0. The zero-order valence-electron chi connectivity index (χ0n) is 17.8. The first kappa shape index (κ1) is 21.5. The Morgan fingerprint density at radius 3 is 2.39 bits per heavy atom. The van der Waals surface area contributed by atoms with Crippen LogP contribution in [0.1, 0.15) is 41.6 Å². The van der Waals surface area contributed by atoms with Gasteiger partial charge in [-0.2, -0.15) is 0 Å². The van der Waals surface area contributed by atoms with Crippen LogP contribution in [-0.4, -0.2) is 58.7 Å². The van der Waals surface area contributed by atoms with Gasteiger partial charge in [0.1, 0.15) is 0 Å². The molecule has 0 bridgehead atoms. The number of hydrogen-bond donors (Lipinski definition) is 1. The van der Waals surface area contributed by atoms with Crippen LogP contribution in [0.25, 0.3) is 0 Å². The van der Waals surface area contributed by atoms with Crippen LogP contribution in [-0.2, 0) is 9.59 Å². The molecule has 2 aromatic rings. The summed E-state index contributed by atoms with van der Waals surface area (Å²) in [4.78, 5) is 46.4. The second kappa shape index (κ2) is 9.60. The van der Waals surface area contributed by atoms with Gasteiger partial charge in [-0.15, -0.1) is 11.3 Å². The van der Waals surface area contributed by atoms with Gasteiger partial charge in [-0.05, 0) is 44.7 Å². The topological polar surface area (TPSA) is 82.6 Å². The minimum absolute atomic E-state index is 0.0168. The average molecular weight is 441 g/mol. The Labute approximate surface area is 186 Å². The van der Waals surface area contributed by atoms with E-state index >= 15 is 0 Å². The van der Waals surface area contributed by atoms with Gasteiger partial charge in [-0.3, -0.25) is 14.4 Å². The second-order valence-corrected chi connectivity index (χ2v) is 9.30. The molecule has 0 saturated carbocycles. The molecule has 0 spiro atoms. The number of rotatable bonds is 4. The molecule has 0 aliphatic carbocycles. The maximum Gasteiger partial charge on any atom is 0.253 e. The minimum Gasteiger partial charge on any atom is -0.342 e. The number of piperidine rings is 2. The van der Waals surface area contributed by atoms with Crippen molar-refractivity contribution >= 4 is 34.2 Å². The quantitative estimate of drug-likeness (QED) is 0.792. The van der Waals surface area contributed by atoms with Crippen LogP contribution in [0.4, 0.5) is 5.13 Å². The monoisotopic (exact) mass is 440 g/mol. The molecule has 164 valence electrons. The number of thiazole rings is 1. The summed E-state index contributed by atoms with van der Waals surface area (Å²) < 4.78 is 0. The lowest BCUT2D eigenvalue weighted by molar-refractivity contribution is -0.139. The molecule has 31 heavy (non-hydrogen) atoms. The molecule has 2 aliphatic heterocycles. The molecule has 3 heterocycles. The van der Waals surface area contributed by atoms with Gasteiger partial charge in [0.25, 0.3) is 5.91 Å².